The summed E-state index contributed by atoms with van der Waals surface area (Å²) in [5.74, 6) is -1.65. The van der Waals surface area contributed by atoms with Crippen molar-refractivity contribution in [2.45, 2.75) is 0 Å². The fourth-order valence-corrected chi connectivity index (χ4v) is 0.361. The van der Waals surface area contributed by atoms with E-state index >= 15 is 0 Å². The van der Waals surface area contributed by atoms with Crippen molar-refractivity contribution in [2.24, 2.45) is 0 Å². The van der Waals surface area contributed by atoms with Crippen molar-refractivity contribution in [1.82, 2.24) is 5.32 Å². The van der Waals surface area contributed by atoms with Crippen LogP contribution in [0.4, 0.5) is 0 Å². The molecule has 0 saturated carbocycles. The summed E-state index contributed by atoms with van der Waals surface area (Å²) in [6, 6.07) is 0. The number of amides is 1. The van der Waals surface area contributed by atoms with Gasteiger partial charge in [-0.1, -0.05) is 0 Å². The lowest BCUT2D eigenvalue weighted by Gasteiger charge is -1.84. The quantitative estimate of drug-likeness (QED) is 0.328. The van der Waals surface area contributed by atoms with Crippen molar-refractivity contribution in [3.05, 3.63) is 12.5 Å². The number of rotatable bonds is 0. The Hall–Kier alpha value is -1.32. The minimum Gasteiger partial charge on any atom is -0.403 e. The predicted octanol–water partition coefficient (Wildman–Crippen LogP) is -0.869. The molecule has 1 heterocycles. The van der Waals surface area contributed by atoms with E-state index in [1.807, 2.05) is 0 Å². The van der Waals surface area contributed by atoms with E-state index in [4.69, 9.17) is 0 Å². The largest absolute Gasteiger partial charge is 0.403 e. The second-order valence-corrected chi connectivity index (χ2v) is 1.27. The molecule has 4 heteroatoms. The maximum Gasteiger partial charge on any atom is 0.403 e. The fraction of sp³-hybridized carbons (Fsp3) is 0. The molecule has 0 atom stereocenters. The van der Waals surface area contributed by atoms with Crippen LogP contribution >= 0.6 is 0 Å². The molecule has 0 spiro atoms. The van der Waals surface area contributed by atoms with Gasteiger partial charge < -0.3 is 4.74 Å². The Morgan fingerprint density at radius 3 is 2.25 bits per heavy atom. The van der Waals surface area contributed by atoms with E-state index in [0.717, 1.165) is 0 Å². The van der Waals surface area contributed by atoms with E-state index in [0.29, 0.717) is 0 Å². The van der Waals surface area contributed by atoms with Crippen LogP contribution in [0, 0.1) is 0 Å². The van der Waals surface area contributed by atoms with Crippen molar-refractivity contribution in [3.8, 4) is 0 Å². The van der Waals surface area contributed by atoms with Gasteiger partial charge in [0.25, 0.3) is 0 Å². The number of ether oxygens (including phenoxy) is 1. The van der Waals surface area contributed by atoms with Gasteiger partial charge in [0, 0.05) is 0 Å². The molecule has 1 saturated heterocycles. The van der Waals surface area contributed by atoms with E-state index < -0.39 is 11.9 Å². The molecule has 4 nitrogen and oxygen atoms in total. The van der Waals surface area contributed by atoms with Crippen molar-refractivity contribution in [1.29, 1.82) is 0 Å². The Labute approximate surface area is 45.1 Å². The Morgan fingerprint density at radius 2 is 2.12 bits per heavy atom. The summed E-state index contributed by atoms with van der Waals surface area (Å²) >= 11 is 0. The zero-order valence-electron chi connectivity index (χ0n) is 3.93. The van der Waals surface area contributed by atoms with Gasteiger partial charge >= 0.3 is 11.9 Å². The number of hydrogen-bond donors (Lipinski definition) is 1. The van der Waals surface area contributed by atoms with E-state index in [9.17, 15) is 9.59 Å². The first kappa shape index (κ1) is 4.83. The highest BCUT2D eigenvalue weighted by Crippen LogP contribution is 1.97. The van der Waals surface area contributed by atoms with E-state index in [-0.39, 0.29) is 5.88 Å². The average molecular weight is 113 g/mol. The number of carbonyl (C=O) groups excluding carboxylic acids is 2. The van der Waals surface area contributed by atoms with E-state index in [2.05, 4.69) is 16.6 Å². The Balaban J connectivity index is 2.79. The lowest BCUT2D eigenvalue weighted by atomic mass is 10.7. The van der Waals surface area contributed by atoms with Crippen molar-refractivity contribution >= 4 is 11.9 Å². The highest BCUT2D eigenvalue weighted by atomic mass is 16.6. The summed E-state index contributed by atoms with van der Waals surface area (Å²) in [6.45, 7) is 3.18. The molecule has 0 radical (unpaired) electrons. The third kappa shape index (κ3) is 0.556. The number of carbonyl (C=O) groups is 2. The number of nitrogens with one attached hydrogen (secondary N) is 1. The van der Waals surface area contributed by atoms with Crippen LogP contribution in [0.2, 0.25) is 0 Å². The molecule has 1 amide bonds. The highest BCUT2D eigenvalue weighted by Gasteiger charge is 2.25. The molecular formula is C4H3NO3. The van der Waals surface area contributed by atoms with Crippen LogP contribution < -0.4 is 5.32 Å². The zero-order valence-corrected chi connectivity index (χ0v) is 3.93. The number of cyclic esters (lactones) is 1. The maximum atomic E-state index is 10.1. The number of hydrogen-bond acceptors (Lipinski definition) is 3. The van der Waals surface area contributed by atoms with Crippen LogP contribution in [0.15, 0.2) is 12.5 Å². The van der Waals surface area contributed by atoms with Crippen molar-refractivity contribution in [3.63, 3.8) is 0 Å². The third-order valence-electron chi connectivity index (χ3n) is 0.654. The summed E-state index contributed by atoms with van der Waals surface area (Å²) in [4.78, 5) is 20.2. The van der Waals surface area contributed by atoms with Gasteiger partial charge in [-0.15, -0.1) is 0 Å². The molecule has 0 aromatic carbocycles. The number of esters is 1. The second-order valence-electron chi connectivity index (χ2n) is 1.27. The van der Waals surface area contributed by atoms with Crippen LogP contribution in [0.3, 0.4) is 0 Å². The van der Waals surface area contributed by atoms with Gasteiger partial charge in [-0.05, 0) is 6.58 Å². The SMILES string of the molecule is C=C1NC(=O)C(=O)O1. The molecule has 1 N–H and O–H groups in total. The molecule has 42 valence electrons. The van der Waals surface area contributed by atoms with Crippen LogP contribution in [-0.4, -0.2) is 11.9 Å². The second kappa shape index (κ2) is 1.33. The maximum absolute atomic E-state index is 10.1. The summed E-state index contributed by atoms with van der Waals surface area (Å²) in [5.41, 5.74) is 0. The minimum absolute atomic E-state index is 0.000000000000000222. The van der Waals surface area contributed by atoms with Crippen LogP contribution in [0.25, 0.3) is 0 Å². The lowest BCUT2D eigenvalue weighted by molar-refractivity contribution is -0.145. The average Bonchev–Trinajstić information content (AvgIpc) is 1.85. The van der Waals surface area contributed by atoms with Gasteiger partial charge in [0.15, 0.2) is 5.88 Å². The Morgan fingerprint density at radius 1 is 1.50 bits per heavy atom. The molecule has 8 heavy (non-hydrogen) atoms. The van der Waals surface area contributed by atoms with Gasteiger partial charge in [0.1, 0.15) is 0 Å². The van der Waals surface area contributed by atoms with Gasteiger partial charge in [-0.25, -0.2) is 4.79 Å². The first-order valence-electron chi connectivity index (χ1n) is 1.92. The molecule has 0 aromatic rings. The highest BCUT2D eigenvalue weighted by molar-refractivity contribution is 6.34. The van der Waals surface area contributed by atoms with Gasteiger partial charge in [0.2, 0.25) is 0 Å². The van der Waals surface area contributed by atoms with E-state index in [1.165, 1.54) is 0 Å². The first-order valence-corrected chi connectivity index (χ1v) is 1.92. The minimum atomic E-state index is -0.894. The molecule has 1 rings (SSSR count). The summed E-state index contributed by atoms with van der Waals surface area (Å²) < 4.78 is 4.18. The molecule has 1 fully saturated rings. The smallest absolute Gasteiger partial charge is 0.403 e. The monoisotopic (exact) mass is 113 g/mol. The van der Waals surface area contributed by atoms with Gasteiger partial charge in [-0.2, -0.15) is 0 Å². The first-order chi connectivity index (χ1) is 3.70. The topological polar surface area (TPSA) is 55.4 Å². The normalized spacial score (nSPS) is 18.2. The molecule has 1 aliphatic rings. The molecule has 0 bridgehead atoms. The van der Waals surface area contributed by atoms with Gasteiger partial charge in [-0.3, -0.25) is 10.1 Å². The summed E-state index contributed by atoms with van der Waals surface area (Å²) in [6.07, 6.45) is 0. The molecular weight excluding hydrogens is 110 g/mol. The van der Waals surface area contributed by atoms with E-state index in [1.54, 1.807) is 0 Å². The third-order valence-corrected chi connectivity index (χ3v) is 0.654. The molecule has 0 aliphatic carbocycles. The summed E-state index contributed by atoms with van der Waals surface area (Å²) in [7, 11) is 0. The molecule has 1 aliphatic heterocycles. The van der Waals surface area contributed by atoms with Crippen molar-refractivity contribution in [2.75, 3.05) is 0 Å². The molecule has 0 aromatic heterocycles. The molecule has 0 unspecified atom stereocenters. The summed E-state index contributed by atoms with van der Waals surface area (Å²) in [5, 5.41) is 2.06. The lowest BCUT2D eigenvalue weighted by Crippen LogP contribution is -2.17. The Bertz CT molecular complexity index is 154. The van der Waals surface area contributed by atoms with Crippen LogP contribution in [0.1, 0.15) is 0 Å². The van der Waals surface area contributed by atoms with Gasteiger partial charge in [0.05, 0.1) is 0 Å². The van der Waals surface area contributed by atoms with Crippen LogP contribution in [-0.2, 0) is 14.3 Å². The predicted molar refractivity (Wildman–Crippen MR) is 23.4 cm³/mol. The standard InChI is InChI=1S/C4H3NO3/c1-2-5-3(6)4(7)8-2/h1H2,(H,5,6). The fourth-order valence-electron chi connectivity index (χ4n) is 0.361. The zero-order chi connectivity index (χ0) is 6.15. The van der Waals surface area contributed by atoms with Crippen LogP contribution in [0.5, 0.6) is 0 Å². The Kier molecular flexibility index (Phi) is 0.802. The van der Waals surface area contributed by atoms with Crippen molar-refractivity contribution < 1.29 is 14.3 Å².